The molecule has 0 saturated carbocycles. The van der Waals surface area contributed by atoms with Gasteiger partial charge < -0.3 is 4.57 Å². The molecule has 0 bridgehead atoms. The fraction of sp³-hybridized carbons (Fsp3) is 0.214. The molecule has 0 aliphatic heterocycles. The lowest BCUT2D eigenvalue weighted by molar-refractivity contribution is 0.0972. The number of aromatic nitrogens is 2. The van der Waals surface area contributed by atoms with Gasteiger partial charge in [0, 0.05) is 30.7 Å². The predicted molar refractivity (Wildman–Crippen MR) is 76.3 cm³/mol. The van der Waals surface area contributed by atoms with E-state index in [1.807, 2.05) is 0 Å². The van der Waals surface area contributed by atoms with Crippen LogP contribution in [0.2, 0.25) is 0 Å². The zero-order valence-electron chi connectivity index (χ0n) is 11.6. The van der Waals surface area contributed by atoms with E-state index < -0.39 is 10.1 Å². The summed E-state index contributed by atoms with van der Waals surface area (Å²) in [6.45, 7) is 0.0400. The summed E-state index contributed by atoms with van der Waals surface area (Å²) in [7, 11) is -3.55. The second-order valence-electron chi connectivity index (χ2n) is 4.88. The zero-order valence-corrected chi connectivity index (χ0v) is 12.5. The van der Waals surface area contributed by atoms with Gasteiger partial charge in [-0.05, 0) is 12.1 Å². The van der Waals surface area contributed by atoms with Crippen LogP contribution in [0.15, 0.2) is 30.7 Å². The number of nitrogens with zero attached hydrogens (tertiary/aromatic N) is 2. The molecule has 1 aliphatic rings. The first-order valence-electron chi connectivity index (χ1n) is 6.45. The molecule has 2 heterocycles. The molecule has 7 nitrogen and oxygen atoms in total. The van der Waals surface area contributed by atoms with E-state index in [9.17, 15) is 18.0 Å². The first kappa shape index (κ1) is 14.6. The fourth-order valence-electron chi connectivity index (χ4n) is 2.43. The Bertz CT molecular complexity index is 882. The number of hydrogen-bond acceptors (Lipinski definition) is 6. The van der Waals surface area contributed by atoms with Crippen molar-refractivity contribution in [3.8, 4) is 0 Å². The summed E-state index contributed by atoms with van der Waals surface area (Å²) >= 11 is 0. The van der Waals surface area contributed by atoms with Crippen molar-refractivity contribution in [2.75, 3.05) is 12.9 Å². The normalized spacial score (nSPS) is 13.9. The summed E-state index contributed by atoms with van der Waals surface area (Å²) in [4.78, 5) is 28.8. The van der Waals surface area contributed by atoms with Crippen LogP contribution in [0.5, 0.6) is 0 Å². The van der Waals surface area contributed by atoms with E-state index in [-0.39, 0.29) is 36.0 Å². The smallest absolute Gasteiger partial charge is 0.264 e. The third kappa shape index (κ3) is 2.46. The number of carbonyl (C=O) groups is 2. The highest BCUT2D eigenvalue weighted by Gasteiger charge is 2.32. The molecule has 22 heavy (non-hydrogen) atoms. The van der Waals surface area contributed by atoms with E-state index in [0.29, 0.717) is 11.1 Å². The maximum Gasteiger partial charge on any atom is 0.264 e. The molecule has 0 unspecified atom stereocenters. The molecule has 0 amide bonds. The van der Waals surface area contributed by atoms with Crippen LogP contribution in [-0.2, 0) is 20.8 Å². The van der Waals surface area contributed by atoms with Gasteiger partial charge in [0.25, 0.3) is 10.1 Å². The minimum absolute atomic E-state index is 0.110. The maximum absolute atomic E-state index is 12.5. The average Bonchev–Trinajstić information content (AvgIpc) is 2.88. The van der Waals surface area contributed by atoms with Crippen LogP contribution in [0.4, 0.5) is 0 Å². The first-order valence-corrected chi connectivity index (χ1v) is 8.27. The van der Waals surface area contributed by atoms with Gasteiger partial charge in [-0.25, -0.2) is 0 Å². The van der Waals surface area contributed by atoms with Gasteiger partial charge in [-0.1, -0.05) is 0 Å². The molecule has 0 radical (unpaired) electrons. The van der Waals surface area contributed by atoms with Crippen LogP contribution in [0, 0.1) is 0 Å². The summed E-state index contributed by atoms with van der Waals surface area (Å²) in [6, 6.07) is 3.07. The van der Waals surface area contributed by atoms with Crippen molar-refractivity contribution < 1.29 is 22.2 Å². The Morgan fingerprint density at radius 2 is 1.91 bits per heavy atom. The van der Waals surface area contributed by atoms with E-state index in [0.717, 1.165) is 6.26 Å². The Kier molecular flexibility index (Phi) is 3.42. The largest absolute Gasteiger partial charge is 0.342 e. The fourth-order valence-corrected chi connectivity index (χ4v) is 2.81. The zero-order chi connectivity index (χ0) is 15.9. The molecule has 0 N–H and O–H groups in total. The quantitative estimate of drug-likeness (QED) is 0.655. The van der Waals surface area contributed by atoms with E-state index in [1.54, 1.807) is 12.3 Å². The monoisotopic (exact) mass is 320 g/mol. The Morgan fingerprint density at radius 1 is 1.14 bits per heavy atom. The third-order valence-corrected chi connectivity index (χ3v) is 3.96. The molecule has 2 aromatic rings. The second kappa shape index (κ2) is 5.15. The molecule has 3 rings (SSSR count). The van der Waals surface area contributed by atoms with Gasteiger partial charge in [-0.3, -0.25) is 18.8 Å². The average molecular weight is 320 g/mol. The maximum atomic E-state index is 12.5. The van der Waals surface area contributed by atoms with Gasteiger partial charge >= 0.3 is 0 Å². The van der Waals surface area contributed by atoms with Crippen LogP contribution in [0.3, 0.4) is 0 Å². The van der Waals surface area contributed by atoms with E-state index >= 15 is 0 Å². The molecule has 0 spiro atoms. The van der Waals surface area contributed by atoms with Crippen LogP contribution >= 0.6 is 0 Å². The van der Waals surface area contributed by atoms with Crippen molar-refractivity contribution in [3.05, 3.63) is 53.1 Å². The summed E-state index contributed by atoms with van der Waals surface area (Å²) in [5.74, 6) is -0.545. The van der Waals surface area contributed by atoms with Crippen LogP contribution in [0.1, 0.15) is 32.0 Å². The van der Waals surface area contributed by atoms with Crippen LogP contribution in [0.25, 0.3) is 0 Å². The van der Waals surface area contributed by atoms with E-state index in [2.05, 4.69) is 9.17 Å². The predicted octanol–water partition coefficient (Wildman–Crippen LogP) is 0.635. The van der Waals surface area contributed by atoms with Crippen molar-refractivity contribution >= 4 is 21.7 Å². The van der Waals surface area contributed by atoms with Crippen LogP contribution < -0.4 is 0 Å². The van der Waals surface area contributed by atoms with Crippen LogP contribution in [-0.4, -0.2) is 42.4 Å². The molecule has 0 aromatic carbocycles. The Morgan fingerprint density at radius 3 is 2.64 bits per heavy atom. The number of hydrogen-bond donors (Lipinski definition) is 0. The lowest BCUT2D eigenvalue weighted by Crippen LogP contribution is -2.24. The van der Waals surface area contributed by atoms with E-state index in [1.165, 1.54) is 23.0 Å². The molecule has 0 fully saturated rings. The van der Waals surface area contributed by atoms with Crippen molar-refractivity contribution in [1.82, 2.24) is 9.55 Å². The highest BCUT2D eigenvalue weighted by atomic mass is 32.2. The Hall–Kier alpha value is -2.32. The highest BCUT2D eigenvalue weighted by molar-refractivity contribution is 7.85. The topological polar surface area (TPSA) is 95.3 Å². The van der Waals surface area contributed by atoms with Gasteiger partial charge in [0.05, 0.1) is 24.0 Å². The molecule has 1 aliphatic carbocycles. The lowest BCUT2D eigenvalue weighted by atomic mass is 9.89. The van der Waals surface area contributed by atoms with Gasteiger partial charge in [0.15, 0.2) is 5.78 Å². The molecule has 114 valence electrons. The molecule has 8 heteroatoms. The Balaban J connectivity index is 1.94. The molecule has 0 atom stereocenters. The van der Waals surface area contributed by atoms with Gasteiger partial charge in [-0.2, -0.15) is 8.42 Å². The van der Waals surface area contributed by atoms with Crippen molar-refractivity contribution in [1.29, 1.82) is 0 Å². The lowest BCUT2D eigenvalue weighted by Gasteiger charge is -2.16. The molecular formula is C14H12N2O5S. The SMILES string of the molecule is CS(=O)(=O)OCCn1ccc2c1C(=O)c1cnccc1C2=O. The van der Waals surface area contributed by atoms with Gasteiger partial charge in [0.2, 0.25) is 5.78 Å². The van der Waals surface area contributed by atoms with Crippen molar-refractivity contribution in [2.45, 2.75) is 6.54 Å². The molecule has 2 aromatic heterocycles. The number of ketones is 2. The summed E-state index contributed by atoms with van der Waals surface area (Å²) < 4.78 is 28.1. The minimum atomic E-state index is -3.55. The first-order chi connectivity index (χ1) is 10.4. The van der Waals surface area contributed by atoms with Gasteiger partial charge in [-0.15, -0.1) is 0 Å². The third-order valence-electron chi connectivity index (χ3n) is 3.36. The van der Waals surface area contributed by atoms with E-state index in [4.69, 9.17) is 0 Å². The molecular weight excluding hydrogens is 308 g/mol. The van der Waals surface area contributed by atoms with Crippen molar-refractivity contribution in [2.24, 2.45) is 0 Å². The van der Waals surface area contributed by atoms with Gasteiger partial charge in [0.1, 0.15) is 5.69 Å². The second-order valence-corrected chi connectivity index (χ2v) is 6.52. The number of pyridine rings is 1. The highest BCUT2D eigenvalue weighted by Crippen LogP contribution is 2.27. The number of rotatable bonds is 4. The summed E-state index contributed by atoms with van der Waals surface area (Å²) in [5, 5.41) is 0. The molecule has 0 saturated heterocycles. The van der Waals surface area contributed by atoms with Crippen molar-refractivity contribution in [3.63, 3.8) is 0 Å². The Labute approximate surface area is 126 Å². The number of fused-ring (bicyclic) bond motifs is 2. The summed E-state index contributed by atoms with van der Waals surface area (Å²) in [5.41, 5.74) is 1.13. The standard InChI is InChI=1S/C14H12N2O5S/c1-22(19,20)21-7-6-16-5-3-10-12(16)14(18)11-8-15-4-2-9(11)13(10)17/h2-5,8H,6-7H2,1H3. The minimum Gasteiger partial charge on any atom is -0.342 e. The summed E-state index contributed by atoms with van der Waals surface area (Å²) in [6.07, 6.45) is 5.36. The number of carbonyl (C=O) groups excluding carboxylic acids is 2.